The number of Topliss-reactive ketones (excluding diaryl/α,β-unsaturated/α-hetero) is 1. The predicted octanol–water partition coefficient (Wildman–Crippen LogP) is 0.919. The van der Waals surface area contributed by atoms with Crippen LogP contribution in [0.3, 0.4) is 0 Å². The monoisotopic (exact) mass is 286 g/mol. The third-order valence-electron chi connectivity index (χ3n) is 3.39. The average Bonchev–Trinajstić information content (AvgIpc) is 2.91. The summed E-state index contributed by atoms with van der Waals surface area (Å²) in [6, 6.07) is 0. The van der Waals surface area contributed by atoms with Crippen molar-refractivity contribution in [1.82, 2.24) is 9.78 Å². The minimum absolute atomic E-state index is 0.0811. The molecule has 1 unspecified atom stereocenters. The van der Waals surface area contributed by atoms with Crippen LogP contribution in [-0.2, 0) is 16.4 Å². The molecule has 1 saturated heterocycles. The van der Waals surface area contributed by atoms with Crippen LogP contribution in [-0.4, -0.2) is 42.6 Å². The second-order valence-electron chi connectivity index (χ2n) is 4.77. The molecule has 6 nitrogen and oxygen atoms in total. The minimum atomic E-state index is -2.95. The Hall–Kier alpha value is -1.37. The Labute approximate surface area is 112 Å². The quantitative estimate of drug-likeness (QED) is 0.752. The van der Waals surface area contributed by atoms with E-state index in [4.69, 9.17) is 4.74 Å². The molecular weight excluding hydrogens is 268 g/mol. The summed E-state index contributed by atoms with van der Waals surface area (Å²) in [6.07, 6.45) is 2.32. The van der Waals surface area contributed by atoms with Crippen LogP contribution in [0.15, 0.2) is 6.20 Å². The summed E-state index contributed by atoms with van der Waals surface area (Å²) in [5.41, 5.74) is 0.439. The van der Waals surface area contributed by atoms with Gasteiger partial charge >= 0.3 is 0 Å². The van der Waals surface area contributed by atoms with Gasteiger partial charge in [0.05, 0.1) is 24.8 Å². The molecule has 1 aliphatic rings. The molecule has 1 aromatic heterocycles. The number of sulfone groups is 1. The van der Waals surface area contributed by atoms with Crippen molar-refractivity contribution in [2.45, 2.75) is 26.3 Å². The van der Waals surface area contributed by atoms with E-state index < -0.39 is 9.84 Å². The molecule has 1 aromatic rings. The highest BCUT2D eigenvalue weighted by atomic mass is 32.2. The van der Waals surface area contributed by atoms with Gasteiger partial charge in [-0.05, 0) is 19.3 Å². The van der Waals surface area contributed by atoms with E-state index in [0.29, 0.717) is 24.4 Å². The number of nitrogens with zero attached hydrogens (tertiary/aromatic N) is 2. The lowest BCUT2D eigenvalue weighted by Gasteiger charge is -2.09. The van der Waals surface area contributed by atoms with Gasteiger partial charge in [-0.3, -0.25) is 9.48 Å². The van der Waals surface area contributed by atoms with Gasteiger partial charge in [-0.25, -0.2) is 8.42 Å². The fourth-order valence-corrected chi connectivity index (χ4v) is 4.29. The first kappa shape index (κ1) is 14.0. The second-order valence-corrected chi connectivity index (χ2v) is 7.00. The number of aromatic nitrogens is 2. The number of rotatable bonds is 5. The zero-order valence-electron chi connectivity index (χ0n) is 11.1. The fraction of sp³-hybridized carbons (Fsp3) is 0.667. The Morgan fingerprint density at radius 2 is 2.32 bits per heavy atom. The Bertz CT molecular complexity index is 555. The van der Waals surface area contributed by atoms with Crippen molar-refractivity contribution in [3.63, 3.8) is 0 Å². The van der Waals surface area contributed by atoms with Gasteiger partial charge in [-0.15, -0.1) is 0 Å². The number of methoxy groups -OCH3 is 1. The van der Waals surface area contributed by atoms with E-state index in [1.807, 2.05) is 6.92 Å². The van der Waals surface area contributed by atoms with E-state index in [0.717, 1.165) is 0 Å². The molecule has 0 aromatic carbocycles. The van der Waals surface area contributed by atoms with Crippen molar-refractivity contribution in [2.24, 2.45) is 5.92 Å². The number of carbonyl (C=O) groups is 1. The van der Waals surface area contributed by atoms with E-state index in [2.05, 4.69) is 5.10 Å². The number of hydrogen-bond donors (Lipinski definition) is 0. The van der Waals surface area contributed by atoms with E-state index in [1.54, 1.807) is 4.68 Å². The molecule has 1 fully saturated rings. The SMILES string of the molecule is CCn1ncc(OC)c1C(=O)CC1CCS(=O)(=O)C1. The van der Waals surface area contributed by atoms with Crippen molar-refractivity contribution in [2.75, 3.05) is 18.6 Å². The summed E-state index contributed by atoms with van der Waals surface area (Å²) in [4.78, 5) is 12.3. The molecule has 0 spiro atoms. The van der Waals surface area contributed by atoms with E-state index in [9.17, 15) is 13.2 Å². The number of ketones is 1. The van der Waals surface area contributed by atoms with Gasteiger partial charge in [-0.2, -0.15) is 5.10 Å². The van der Waals surface area contributed by atoms with Crippen LogP contribution in [0.1, 0.15) is 30.3 Å². The van der Waals surface area contributed by atoms with E-state index in [1.165, 1.54) is 13.3 Å². The highest BCUT2D eigenvalue weighted by Gasteiger charge is 2.31. The Balaban J connectivity index is 2.14. The molecule has 0 radical (unpaired) electrons. The van der Waals surface area contributed by atoms with Gasteiger partial charge in [-0.1, -0.05) is 0 Å². The molecule has 0 aliphatic carbocycles. The van der Waals surface area contributed by atoms with E-state index in [-0.39, 0.29) is 29.6 Å². The van der Waals surface area contributed by atoms with Crippen molar-refractivity contribution in [3.8, 4) is 5.75 Å². The molecule has 2 heterocycles. The van der Waals surface area contributed by atoms with Crippen LogP contribution in [0.5, 0.6) is 5.75 Å². The van der Waals surface area contributed by atoms with Crippen LogP contribution in [0, 0.1) is 5.92 Å². The van der Waals surface area contributed by atoms with Crippen molar-refractivity contribution >= 4 is 15.6 Å². The molecule has 7 heteroatoms. The van der Waals surface area contributed by atoms with Crippen molar-refractivity contribution in [3.05, 3.63) is 11.9 Å². The Morgan fingerprint density at radius 1 is 1.58 bits per heavy atom. The molecule has 106 valence electrons. The van der Waals surface area contributed by atoms with Gasteiger partial charge in [0.1, 0.15) is 5.69 Å². The second kappa shape index (κ2) is 5.32. The lowest BCUT2D eigenvalue weighted by Crippen LogP contribution is -2.15. The Morgan fingerprint density at radius 3 is 2.84 bits per heavy atom. The predicted molar refractivity (Wildman–Crippen MR) is 70.2 cm³/mol. The normalized spacial score (nSPS) is 21.5. The van der Waals surface area contributed by atoms with Crippen molar-refractivity contribution < 1.29 is 17.9 Å². The first-order valence-electron chi connectivity index (χ1n) is 6.30. The van der Waals surface area contributed by atoms with Crippen LogP contribution in [0.2, 0.25) is 0 Å². The zero-order valence-corrected chi connectivity index (χ0v) is 11.9. The molecule has 2 rings (SSSR count). The maximum absolute atomic E-state index is 12.3. The third-order valence-corrected chi connectivity index (χ3v) is 5.23. The molecule has 0 bridgehead atoms. The third kappa shape index (κ3) is 2.97. The summed E-state index contributed by atoms with van der Waals surface area (Å²) in [5.74, 6) is 0.574. The smallest absolute Gasteiger partial charge is 0.184 e. The number of carbonyl (C=O) groups excluding carboxylic acids is 1. The Kier molecular flexibility index (Phi) is 3.93. The maximum atomic E-state index is 12.3. The van der Waals surface area contributed by atoms with Gasteiger partial charge in [0.2, 0.25) is 0 Å². The van der Waals surface area contributed by atoms with Crippen LogP contribution >= 0.6 is 0 Å². The van der Waals surface area contributed by atoms with Crippen LogP contribution in [0.25, 0.3) is 0 Å². The highest BCUT2D eigenvalue weighted by molar-refractivity contribution is 7.91. The molecule has 1 atom stereocenters. The first-order valence-corrected chi connectivity index (χ1v) is 8.12. The van der Waals surface area contributed by atoms with Gasteiger partial charge in [0.15, 0.2) is 21.4 Å². The lowest BCUT2D eigenvalue weighted by atomic mass is 10.0. The number of aryl methyl sites for hydroxylation is 1. The highest BCUT2D eigenvalue weighted by Crippen LogP contribution is 2.26. The number of ether oxygens (including phenoxy) is 1. The molecule has 0 amide bonds. The fourth-order valence-electron chi connectivity index (χ4n) is 2.43. The van der Waals surface area contributed by atoms with Crippen LogP contribution in [0.4, 0.5) is 0 Å². The van der Waals surface area contributed by atoms with Gasteiger partial charge in [0, 0.05) is 13.0 Å². The largest absolute Gasteiger partial charge is 0.493 e. The standard InChI is InChI=1S/C12H18N2O4S/c1-3-14-12(11(18-2)7-13-14)10(15)6-9-4-5-19(16,17)8-9/h7,9H,3-6,8H2,1-2H3. The topological polar surface area (TPSA) is 78.3 Å². The molecule has 0 N–H and O–H groups in total. The average molecular weight is 286 g/mol. The lowest BCUT2D eigenvalue weighted by molar-refractivity contribution is 0.0952. The summed E-state index contributed by atoms with van der Waals surface area (Å²) < 4.78 is 29.5. The molecule has 0 saturated carbocycles. The molecule has 1 aliphatic heterocycles. The first-order chi connectivity index (χ1) is 8.96. The summed E-state index contributed by atoms with van der Waals surface area (Å²) in [5, 5.41) is 4.08. The summed E-state index contributed by atoms with van der Waals surface area (Å²) >= 11 is 0. The molecular formula is C12H18N2O4S. The van der Waals surface area contributed by atoms with Gasteiger partial charge < -0.3 is 4.74 Å². The number of hydrogen-bond acceptors (Lipinski definition) is 5. The summed E-state index contributed by atoms with van der Waals surface area (Å²) in [6.45, 7) is 2.47. The maximum Gasteiger partial charge on any atom is 0.184 e. The van der Waals surface area contributed by atoms with Crippen LogP contribution < -0.4 is 4.74 Å². The van der Waals surface area contributed by atoms with Crippen molar-refractivity contribution in [1.29, 1.82) is 0 Å². The minimum Gasteiger partial charge on any atom is -0.493 e. The molecule has 19 heavy (non-hydrogen) atoms. The van der Waals surface area contributed by atoms with Gasteiger partial charge in [0.25, 0.3) is 0 Å². The van der Waals surface area contributed by atoms with E-state index >= 15 is 0 Å². The zero-order chi connectivity index (χ0) is 14.0. The summed E-state index contributed by atoms with van der Waals surface area (Å²) in [7, 11) is -1.45.